The first kappa shape index (κ1) is 30.0. The van der Waals surface area contributed by atoms with Crippen LogP contribution >= 0.6 is 0 Å². The highest BCUT2D eigenvalue weighted by molar-refractivity contribution is 6.17. The molecule has 10 rings (SSSR count). The summed E-state index contributed by atoms with van der Waals surface area (Å²) in [4.78, 5) is 2.40. The molecule has 9 aromatic carbocycles. The first-order valence-corrected chi connectivity index (χ1v) is 17.8. The van der Waals surface area contributed by atoms with Crippen LogP contribution in [-0.2, 0) is 0 Å². The maximum Gasteiger partial charge on any atom is 0.145 e. The van der Waals surface area contributed by atoms with Crippen LogP contribution in [0.15, 0.2) is 205 Å². The van der Waals surface area contributed by atoms with Crippen molar-refractivity contribution in [2.45, 2.75) is 0 Å². The molecule has 0 spiro atoms. The maximum absolute atomic E-state index is 6.81. The van der Waals surface area contributed by atoms with Crippen LogP contribution in [0.2, 0.25) is 0 Å². The molecule has 0 saturated carbocycles. The molecule has 1 aromatic heterocycles. The van der Waals surface area contributed by atoms with Crippen LogP contribution in [0.1, 0.15) is 0 Å². The van der Waals surface area contributed by atoms with E-state index >= 15 is 0 Å². The van der Waals surface area contributed by atoms with E-state index in [0.29, 0.717) is 0 Å². The third-order valence-electron chi connectivity index (χ3n) is 10.2. The number of para-hydroxylation sites is 1. The Morgan fingerprint density at radius 1 is 0.346 bits per heavy atom. The summed E-state index contributed by atoms with van der Waals surface area (Å²) in [6.07, 6.45) is 0. The van der Waals surface area contributed by atoms with Crippen molar-refractivity contribution < 1.29 is 4.42 Å². The molecule has 0 atom stereocenters. The lowest BCUT2D eigenvalue weighted by Gasteiger charge is -2.27. The molecule has 244 valence electrons. The summed E-state index contributed by atoms with van der Waals surface area (Å²) >= 11 is 0. The van der Waals surface area contributed by atoms with Crippen molar-refractivity contribution in [2.24, 2.45) is 0 Å². The smallest absolute Gasteiger partial charge is 0.145 e. The van der Waals surface area contributed by atoms with Gasteiger partial charge in [0, 0.05) is 22.3 Å². The Balaban J connectivity index is 1.22. The summed E-state index contributed by atoms with van der Waals surface area (Å²) in [5.41, 5.74) is 11.9. The molecule has 0 radical (unpaired) electrons. The van der Waals surface area contributed by atoms with E-state index in [1.807, 2.05) is 6.07 Å². The highest BCUT2D eigenvalue weighted by Crippen LogP contribution is 2.47. The molecular weight excluding hydrogens is 631 g/mol. The van der Waals surface area contributed by atoms with Gasteiger partial charge in [0.25, 0.3) is 0 Å². The van der Waals surface area contributed by atoms with E-state index in [0.717, 1.165) is 55.7 Å². The number of fused-ring (bicyclic) bond motifs is 6. The van der Waals surface area contributed by atoms with Crippen LogP contribution in [0.4, 0.5) is 17.1 Å². The number of hydrogen-bond donors (Lipinski definition) is 0. The van der Waals surface area contributed by atoms with Gasteiger partial charge in [0.15, 0.2) is 0 Å². The zero-order valence-electron chi connectivity index (χ0n) is 28.4. The number of benzene rings is 9. The highest BCUT2D eigenvalue weighted by Gasteiger charge is 2.23. The molecule has 0 fully saturated rings. The Hall–Kier alpha value is -6.90. The lowest BCUT2D eigenvalue weighted by atomic mass is 9.97. The van der Waals surface area contributed by atoms with Crippen LogP contribution in [-0.4, -0.2) is 0 Å². The Morgan fingerprint density at radius 3 is 1.71 bits per heavy atom. The van der Waals surface area contributed by atoms with Crippen LogP contribution in [0.3, 0.4) is 0 Å². The zero-order valence-corrected chi connectivity index (χ0v) is 28.4. The summed E-state index contributed by atoms with van der Waals surface area (Å²) < 4.78 is 6.81. The van der Waals surface area contributed by atoms with Gasteiger partial charge in [-0.2, -0.15) is 0 Å². The molecule has 1 heterocycles. The van der Waals surface area contributed by atoms with Gasteiger partial charge in [-0.3, -0.25) is 0 Å². The van der Waals surface area contributed by atoms with Crippen LogP contribution in [0.5, 0.6) is 0 Å². The molecule has 0 N–H and O–H groups in total. The standard InChI is InChI=1S/C50H33NO/c1-3-12-34(13-4-1)36-22-24-38(25-23-36)44-30-31-47(49-45-20-9-10-21-48(45)52-50(44)49)51(41-18-11-17-40(32-41)35-14-5-2-6-15-35)42-29-28-39-27-26-37-16-7-8-19-43(37)46(39)33-42/h1-33H. The average molecular weight is 664 g/mol. The molecule has 0 unspecified atom stereocenters. The number of nitrogens with zero attached hydrogens (tertiary/aromatic N) is 1. The van der Waals surface area contributed by atoms with E-state index in [2.05, 4.69) is 199 Å². The zero-order chi connectivity index (χ0) is 34.4. The lowest BCUT2D eigenvalue weighted by molar-refractivity contribution is 0.670. The third kappa shape index (κ3) is 5.12. The van der Waals surface area contributed by atoms with Crippen molar-refractivity contribution in [1.82, 2.24) is 0 Å². The van der Waals surface area contributed by atoms with Gasteiger partial charge in [0.2, 0.25) is 0 Å². The van der Waals surface area contributed by atoms with Gasteiger partial charge in [-0.05, 0) is 91.8 Å². The minimum absolute atomic E-state index is 0.870. The van der Waals surface area contributed by atoms with Crippen molar-refractivity contribution in [1.29, 1.82) is 0 Å². The summed E-state index contributed by atoms with van der Waals surface area (Å²) in [7, 11) is 0. The fourth-order valence-electron chi connectivity index (χ4n) is 7.71. The Morgan fingerprint density at radius 2 is 0.923 bits per heavy atom. The molecule has 10 aromatic rings. The fraction of sp³-hybridized carbons (Fsp3) is 0. The second-order valence-electron chi connectivity index (χ2n) is 13.3. The number of hydrogen-bond acceptors (Lipinski definition) is 2. The van der Waals surface area contributed by atoms with E-state index in [1.165, 1.54) is 38.2 Å². The first-order chi connectivity index (χ1) is 25.8. The molecule has 0 bridgehead atoms. The van der Waals surface area contributed by atoms with Crippen LogP contribution in [0, 0.1) is 0 Å². The molecule has 2 heteroatoms. The summed E-state index contributed by atoms with van der Waals surface area (Å²) in [6, 6.07) is 71.6. The quantitative estimate of drug-likeness (QED) is 0.165. The van der Waals surface area contributed by atoms with Crippen molar-refractivity contribution in [3.8, 4) is 33.4 Å². The molecule has 0 aliphatic heterocycles. The van der Waals surface area contributed by atoms with Gasteiger partial charge in [-0.1, -0.05) is 158 Å². The Labute approximate surface area is 302 Å². The SMILES string of the molecule is c1ccc(-c2ccc(-c3ccc(N(c4cccc(-c5ccccc5)c4)c4ccc5ccc6ccccc6c5c4)c4c3oc3ccccc34)cc2)cc1. The van der Waals surface area contributed by atoms with E-state index in [4.69, 9.17) is 4.42 Å². The molecule has 0 amide bonds. The molecular formula is C50H33NO. The molecule has 0 aliphatic rings. The molecule has 52 heavy (non-hydrogen) atoms. The number of furan rings is 1. The van der Waals surface area contributed by atoms with Crippen LogP contribution < -0.4 is 4.90 Å². The van der Waals surface area contributed by atoms with Gasteiger partial charge in [-0.15, -0.1) is 0 Å². The Bertz CT molecular complexity index is 2890. The van der Waals surface area contributed by atoms with Gasteiger partial charge in [0.05, 0.1) is 11.1 Å². The van der Waals surface area contributed by atoms with Gasteiger partial charge < -0.3 is 9.32 Å². The van der Waals surface area contributed by atoms with Gasteiger partial charge in [0.1, 0.15) is 11.2 Å². The highest BCUT2D eigenvalue weighted by atomic mass is 16.3. The summed E-state index contributed by atoms with van der Waals surface area (Å²) in [5.74, 6) is 0. The minimum atomic E-state index is 0.870. The molecule has 2 nitrogen and oxygen atoms in total. The van der Waals surface area contributed by atoms with Crippen LogP contribution in [0.25, 0.3) is 76.9 Å². The van der Waals surface area contributed by atoms with Crippen molar-refractivity contribution in [3.05, 3.63) is 200 Å². The number of rotatable bonds is 6. The third-order valence-corrected chi connectivity index (χ3v) is 10.2. The fourth-order valence-corrected chi connectivity index (χ4v) is 7.71. The lowest BCUT2D eigenvalue weighted by Crippen LogP contribution is -2.10. The second-order valence-corrected chi connectivity index (χ2v) is 13.3. The molecule has 0 aliphatic carbocycles. The van der Waals surface area contributed by atoms with E-state index < -0.39 is 0 Å². The maximum atomic E-state index is 6.81. The van der Waals surface area contributed by atoms with E-state index in [-0.39, 0.29) is 0 Å². The van der Waals surface area contributed by atoms with Gasteiger partial charge >= 0.3 is 0 Å². The average Bonchev–Trinajstić information content (AvgIpc) is 3.62. The largest absolute Gasteiger partial charge is 0.455 e. The van der Waals surface area contributed by atoms with Crippen molar-refractivity contribution in [3.63, 3.8) is 0 Å². The predicted octanol–water partition coefficient (Wildman–Crippen LogP) is 14.4. The van der Waals surface area contributed by atoms with Gasteiger partial charge in [-0.25, -0.2) is 0 Å². The Kier molecular flexibility index (Phi) is 7.18. The van der Waals surface area contributed by atoms with Crippen molar-refractivity contribution >= 4 is 60.5 Å². The second kappa shape index (κ2) is 12.5. The molecule has 0 saturated heterocycles. The van der Waals surface area contributed by atoms with Crippen molar-refractivity contribution in [2.75, 3.05) is 4.90 Å². The normalized spacial score (nSPS) is 11.5. The topological polar surface area (TPSA) is 16.4 Å². The van der Waals surface area contributed by atoms with E-state index in [9.17, 15) is 0 Å². The summed E-state index contributed by atoms with van der Waals surface area (Å²) in [5, 5.41) is 7.09. The first-order valence-electron chi connectivity index (χ1n) is 17.8. The number of anilines is 3. The minimum Gasteiger partial charge on any atom is -0.455 e. The monoisotopic (exact) mass is 663 g/mol. The van der Waals surface area contributed by atoms with E-state index in [1.54, 1.807) is 0 Å². The predicted molar refractivity (Wildman–Crippen MR) is 220 cm³/mol. The summed E-state index contributed by atoms with van der Waals surface area (Å²) in [6.45, 7) is 0.